The molecule has 0 radical (unpaired) electrons. The first-order chi connectivity index (χ1) is 17.6. The number of esters is 1. The zero-order valence-corrected chi connectivity index (χ0v) is 21.2. The van der Waals surface area contributed by atoms with Gasteiger partial charge in [-0.25, -0.2) is 0 Å². The molecule has 1 spiro atoms. The molecular weight excluding hydrogens is 456 g/mol. The summed E-state index contributed by atoms with van der Waals surface area (Å²) in [4.78, 5) is 13.4. The number of hydrogen-bond donors (Lipinski definition) is 0. The first kappa shape index (κ1) is 26.6. The quantitative estimate of drug-likeness (QED) is 0.283. The van der Waals surface area contributed by atoms with Crippen molar-refractivity contribution in [1.29, 1.82) is 0 Å². The van der Waals surface area contributed by atoms with Gasteiger partial charge in [0, 0.05) is 6.42 Å². The van der Waals surface area contributed by atoms with Gasteiger partial charge in [0.1, 0.15) is 17.6 Å². The molecule has 2 aliphatic rings. The van der Waals surface area contributed by atoms with Crippen LogP contribution in [0.3, 0.4) is 0 Å². The number of allylic oxidation sites excluding steroid dienone is 1. The van der Waals surface area contributed by atoms with Crippen LogP contribution < -0.4 is 0 Å². The van der Waals surface area contributed by atoms with Crippen LogP contribution >= 0.6 is 0 Å². The summed E-state index contributed by atoms with van der Waals surface area (Å²) < 4.78 is 31.1. The van der Waals surface area contributed by atoms with E-state index in [0.717, 1.165) is 24.0 Å². The zero-order valence-electron chi connectivity index (χ0n) is 21.2. The fourth-order valence-electron chi connectivity index (χ4n) is 5.36. The lowest BCUT2D eigenvalue weighted by Crippen LogP contribution is -2.57. The molecule has 1 heterocycles. The van der Waals surface area contributed by atoms with Gasteiger partial charge in [-0.1, -0.05) is 73.2 Å². The number of ether oxygens (including phenoxy) is 5. The highest BCUT2D eigenvalue weighted by Gasteiger charge is 2.65. The summed E-state index contributed by atoms with van der Waals surface area (Å²) in [5.41, 5.74) is 1.25. The van der Waals surface area contributed by atoms with Crippen molar-refractivity contribution >= 4 is 5.97 Å². The maximum Gasteiger partial charge on any atom is 0.317 e. The molecule has 1 saturated carbocycles. The molecule has 1 saturated heterocycles. The molecule has 1 aliphatic carbocycles. The molecule has 2 fully saturated rings. The highest BCUT2D eigenvalue weighted by molar-refractivity contribution is 5.78. The Morgan fingerprint density at radius 2 is 1.44 bits per heavy atom. The molecule has 2 aromatic carbocycles. The average molecular weight is 495 g/mol. The van der Waals surface area contributed by atoms with Crippen LogP contribution in [0.4, 0.5) is 0 Å². The first-order valence-corrected chi connectivity index (χ1v) is 13.0. The van der Waals surface area contributed by atoms with Crippen molar-refractivity contribution in [3.63, 3.8) is 0 Å². The average Bonchev–Trinajstić information content (AvgIpc) is 3.25. The summed E-state index contributed by atoms with van der Waals surface area (Å²) in [5.74, 6) is -1.37. The highest BCUT2D eigenvalue weighted by atomic mass is 16.8. The largest absolute Gasteiger partial charge is 0.465 e. The normalized spacial score (nSPS) is 25.0. The van der Waals surface area contributed by atoms with Crippen LogP contribution in [0.15, 0.2) is 73.3 Å². The van der Waals surface area contributed by atoms with E-state index in [0.29, 0.717) is 52.3 Å². The van der Waals surface area contributed by atoms with E-state index in [-0.39, 0.29) is 18.2 Å². The van der Waals surface area contributed by atoms with Crippen molar-refractivity contribution < 1.29 is 28.5 Å². The number of carbonyl (C=O) groups excluding carboxylic acids is 1. The Labute approximate surface area is 214 Å². The third-order valence-electron chi connectivity index (χ3n) is 7.13. The molecule has 36 heavy (non-hydrogen) atoms. The van der Waals surface area contributed by atoms with Crippen LogP contribution in [0.5, 0.6) is 0 Å². The van der Waals surface area contributed by atoms with Crippen molar-refractivity contribution in [3.8, 4) is 0 Å². The van der Waals surface area contributed by atoms with E-state index in [1.165, 1.54) is 0 Å². The number of carbonyl (C=O) groups is 1. The molecule has 0 amide bonds. The Morgan fingerprint density at radius 1 is 0.917 bits per heavy atom. The van der Waals surface area contributed by atoms with Gasteiger partial charge in [0.2, 0.25) is 0 Å². The van der Waals surface area contributed by atoms with Crippen molar-refractivity contribution in [3.05, 3.63) is 84.4 Å². The molecule has 194 valence electrons. The third kappa shape index (κ3) is 5.89. The van der Waals surface area contributed by atoms with Crippen LogP contribution in [0, 0.1) is 5.41 Å². The lowest BCUT2D eigenvalue weighted by Gasteiger charge is -2.47. The molecule has 6 heteroatoms. The molecule has 3 atom stereocenters. The van der Waals surface area contributed by atoms with Crippen molar-refractivity contribution in [2.24, 2.45) is 5.41 Å². The van der Waals surface area contributed by atoms with Crippen LogP contribution in [-0.4, -0.2) is 43.8 Å². The Morgan fingerprint density at radius 3 is 1.94 bits per heavy atom. The van der Waals surface area contributed by atoms with E-state index in [4.69, 9.17) is 23.7 Å². The Kier molecular flexibility index (Phi) is 9.32. The number of hydrogen-bond acceptors (Lipinski definition) is 6. The smallest absolute Gasteiger partial charge is 0.317 e. The number of rotatable bonds is 12. The lowest BCUT2D eigenvalue weighted by molar-refractivity contribution is -0.272. The Bertz CT molecular complexity index is 908. The topological polar surface area (TPSA) is 63.2 Å². The minimum atomic E-state index is -1.09. The standard InChI is InChI=1S/C30H38O6/c1-3-17-29(28(31)34-4-2)18-11-12-19-30(29)35-26(22-32-20-24-13-7-5-8-14-24)27(36-30)23-33-21-25-15-9-6-10-16-25/h3,5-10,13-16,26-27H,1,4,11-12,17-23H2,2H3/t26-,27-,29+/m0/s1. The molecule has 0 N–H and O–H groups in total. The fourth-order valence-corrected chi connectivity index (χ4v) is 5.36. The van der Waals surface area contributed by atoms with Crippen molar-refractivity contribution in [2.75, 3.05) is 19.8 Å². The second kappa shape index (κ2) is 12.6. The van der Waals surface area contributed by atoms with Gasteiger partial charge in [0.25, 0.3) is 0 Å². The van der Waals surface area contributed by atoms with Gasteiger partial charge in [0.05, 0.1) is 33.0 Å². The zero-order chi connectivity index (χ0) is 25.3. The van der Waals surface area contributed by atoms with Gasteiger partial charge >= 0.3 is 5.97 Å². The van der Waals surface area contributed by atoms with Crippen LogP contribution in [0.1, 0.15) is 50.2 Å². The fraction of sp³-hybridized carbons (Fsp3) is 0.500. The van der Waals surface area contributed by atoms with Gasteiger partial charge in [-0.3, -0.25) is 4.79 Å². The third-order valence-corrected chi connectivity index (χ3v) is 7.13. The van der Waals surface area contributed by atoms with E-state index in [9.17, 15) is 4.79 Å². The number of benzene rings is 2. The van der Waals surface area contributed by atoms with Crippen LogP contribution in [0.25, 0.3) is 0 Å². The van der Waals surface area contributed by atoms with Crippen LogP contribution in [-0.2, 0) is 41.7 Å². The van der Waals surface area contributed by atoms with Crippen molar-refractivity contribution in [2.45, 2.75) is 70.2 Å². The van der Waals surface area contributed by atoms with Crippen molar-refractivity contribution in [1.82, 2.24) is 0 Å². The van der Waals surface area contributed by atoms with Gasteiger partial charge in [-0.05, 0) is 37.3 Å². The van der Waals surface area contributed by atoms with Gasteiger partial charge in [-0.2, -0.15) is 0 Å². The van der Waals surface area contributed by atoms with E-state index in [2.05, 4.69) is 6.58 Å². The SMILES string of the molecule is C=CC[C@]1(C(=O)OCC)CCCCC12O[C@@H](COCc1ccccc1)[C@H](COCc1ccccc1)O2. The predicted octanol–water partition coefficient (Wildman–Crippen LogP) is 5.60. The molecule has 0 unspecified atom stereocenters. The van der Waals surface area contributed by atoms with E-state index >= 15 is 0 Å². The first-order valence-electron chi connectivity index (χ1n) is 13.0. The van der Waals surface area contributed by atoms with Crippen LogP contribution in [0.2, 0.25) is 0 Å². The minimum absolute atomic E-state index is 0.278. The maximum atomic E-state index is 13.4. The summed E-state index contributed by atoms with van der Waals surface area (Å²) in [6.07, 6.45) is 4.52. The van der Waals surface area contributed by atoms with Gasteiger partial charge in [0.15, 0.2) is 5.79 Å². The summed E-state index contributed by atoms with van der Waals surface area (Å²) in [7, 11) is 0. The Balaban J connectivity index is 1.52. The summed E-state index contributed by atoms with van der Waals surface area (Å²) >= 11 is 0. The summed E-state index contributed by atoms with van der Waals surface area (Å²) in [6.45, 7) is 7.68. The molecule has 1 aliphatic heterocycles. The second-order valence-corrected chi connectivity index (χ2v) is 9.57. The monoisotopic (exact) mass is 494 g/mol. The van der Waals surface area contributed by atoms with E-state index < -0.39 is 11.2 Å². The molecule has 4 rings (SSSR count). The molecule has 2 aromatic rings. The molecule has 0 aromatic heterocycles. The van der Waals surface area contributed by atoms with Gasteiger partial charge < -0.3 is 23.7 Å². The lowest BCUT2D eigenvalue weighted by atomic mass is 9.67. The molecule has 0 bridgehead atoms. The van der Waals surface area contributed by atoms with E-state index in [1.54, 1.807) is 6.08 Å². The summed E-state index contributed by atoms with van der Waals surface area (Å²) in [6, 6.07) is 20.1. The Hall–Kier alpha value is -2.51. The minimum Gasteiger partial charge on any atom is -0.465 e. The molecule has 6 nitrogen and oxygen atoms in total. The second-order valence-electron chi connectivity index (χ2n) is 9.57. The highest BCUT2D eigenvalue weighted by Crippen LogP contribution is 2.55. The molecular formula is C30H38O6. The van der Waals surface area contributed by atoms with E-state index in [1.807, 2.05) is 67.6 Å². The predicted molar refractivity (Wildman–Crippen MR) is 137 cm³/mol. The summed E-state index contributed by atoms with van der Waals surface area (Å²) in [5, 5.41) is 0. The van der Waals surface area contributed by atoms with Gasteiger partial charge in [-0.15, -0.1) is 6.58 Å². The maximum absolute atomic E-state index is 13.4.